The normalized spacial score (nSPS) is 19.6. The highest BCUT2D eigenvalue weighted by molar-refractivity contribution is 6.09. The standard InChI is InChI=1S/C18H20N4O3/c1-3-7-22-10-13(9-15(22)11(2)23)18(16(25)20-17(19)21-18)12-5-4-6-14(24)8-12/h4-6,8-10,24H,3,7H2,1-2H3,(H3,19,20,21,25). The molecular weight excluding hydrogens is 320 g/mol. The van der Waals surface area contributed by atoms with Gasteiger partial charge in [-0.3, -0.25) is 14.9 Å². The first-order valence-corrected chi connectivity index (χ1v) is 8.06. The van der Waals surface area contributed by atoms with Crippen LogP contribution in [0.2, 0.25) is 0 Å². The van der Waals surface area contributed by atoms with Gasteiger partial charge in [0.15, 0.2) is 17.3 Å². The van der Waals surface area contributed by atoms with Gasteiger partial charge in [-0.05, 0) is 30.2 Å². The van der Waals surface area contributed by atoms with Crippen LogP contribution in [-0.2, 0) is 16.9 Å². The molecule has 1 atom stereocenters. The quantitative estimate of drug-likeness (QED) is 0.716. The predicted octanol–water partition coefficient (Wildman–Crippen LogP) is 1.49. The van der Waals surface area contributed by atoms with Crippen molar-refractivity contribution in [3.8, 4) is 5.75 Å². The number of hydrogen-bond donors (Lipinski definition) is 3. The Bertz CT molecular complexity index is 884. The number of nitrogens with two attached hydrogens (primary N) is 1. The summed E-state index contributed by atoms with van der Waals surface area (Å²) in [6.07, 6.45) is 2.59. The highest BCUT2D eigenvalue weighted by Crippen LogP contribution is 2.38. The lowest BCUT2D eigenvalue weighted by Gasteiger charge is -2.23. The summed E-state index contributed by atoms with van der Waals surface area (Å²) in [5.74, 6) is -0.494. The molecule has 0 saturated heterocycles. The van der Waals surface area contributed by atoms with Gasteiger partial charge in [-0.1, -0.05) is 19.1 Å². The molecule has 0 saturated carbocycles. The van der Waals surface area contributed by atoms with E-state index in [0.29, 0.717) is 23.4 Å². The van der Waals surface area contributed by atoms with Crippen molar-refractivity contribution < 1.29 is 14.7 Å². The number of ketones is 1. The first-order chi connectivity index (χ1) is 11.9. The number of nitrogens with zero attached hydrogens (tertiary/aromatic N) is 2. The van der Waals surface area contributed by atoms with E-state index in [-0.39, 0.29) is 17.5 Å². The smallest absolute Gasteiger partial charge is 0.264 e. The maximum absolute atomic E-state index is 12.8. The number of hydrogen-bond acceptors (Lipinski definition) is 5. The number of guanidine groups is 1. The van der Waals surface area contributed by atoms with Gasteiger partial charge in [-0.25, -0.2) is 4.99 Å². The van der Waals surface area contributed by atoms with E-state index in [9.17, 15) is 14.7 Å². The molecule has 1 aromatic heterocycles. The fourth-order valence-corrected chi connectivity index (χ4v) is 3.19. The lowest BCUT2D eigenvalue weighted by atomic mass is 9.84. The van der Waals surface area contributed by atoms with Crippen molar-refractivity contribution >= 4 is 17.6 Å². The van der Waals surface area contributed by atoms with Gasteiger partial charge in [0.2, 0.25) is 0 Å². The highest BCUT2D eigenvalue weighted by Gasteiger charge is 2.47. The Kier molecular flexibility index (Phi) is 4.08. The Labute approximate surface area is 145 Å². The average molecular weight is 340 g/mol. The van der Waals surface area contributed by atoms with Crippen molar-refractivity contribution in [1.29, 1.82) is 0 Å². The summed E-state index contributed by atoms with van der Waals surface area (Å²) < 4.78 is 1.82. The van der Waals surface area contributed by atoms with Crippen LogP contribution in [0.3, 0.4) is 0 Å². The van der Waals surface area contributed by atoms with Crippen LogP contribution >= 0.6 is 0 Å². The molecule has 3 rings (SSSR count). The zero-order chi connectivity index (χ0) is 18.2. The van der Waals surface area contributed by atoms with E-state index in [2.05, 4.69) is 10.3 Å². The number of carbonyl (C=O) groups excluding carboxylic acids is 2. The zero-order valence-corrected chi connectivity index (χ0v) is 14.1. The molecular formula is C18H20N4O3. The van der Waals surface area contributed by atoms with Gasteiger partial charge in [-0.15, -0.1) is 0 Å². The van der Waals surface area contributed by atoms with Gasteiger partial charge in [0.1, 0.15) is 5.75 Å². The summed E-state index contributed by atoms with van der Waals surface area (Å²) in [6.45, 7) is 4.14. The van der Waals surface area contributed by atoms with Crippen LogP contribution in [0, 0.1) is 0 Å². The largest absolute Gasteiger partial charge is 0.508 e. The molecule has 1 amide bonds. The molecule has 4 N–H and O–H groups in total. The second-order valence-electron chi connectivity index (χ2n) is 6.08. The molecule has 0 spiro atoms. The van der Waals surface area contributed by atoms with Crippen molar-refractivity contribution in [2.75, 3.05) is 0 Å². The van der Waals surface area contributed by atoms with Crippen LogP contribution in [0.1, 0.15) is 41.9 Å². The first-order valence-electron chi connectivity index (χ1n) is 8.06. The maximum atomic E-state index is 12.8. The second-order valence-corrected chi connectivity index (χ2v) is 6.08. The third-order valence-corrected chi connectivity index (χ3v) is 4.26. The molecule has 1 unspecified atom stereocenters. The predicted molar refractivity (Wildman–Crippen MR) is 93.4 cm³/mol. The number of aliphatic imine (C=N–C) groups is 1. The Morgan fingerprint density at radius 3 is 2.68 bits per heavy atom. The molecule has 7 heteroatoms. The van der Waals surface area contributed by atoms with Crippen molar-refractivity contribution in [3.63, 3.8) is 0 Å². The molecule has 0 bridgehead atoms. The zero-order valence-electron chi connectivity index (χ0n) is 14.1. The van der Waals surface area contributed by atoms with Gasteiger partial charge < -0.3 is 15.4 Å². The molecule has 130 valence electrons. The molecule has 0 radical (unpaired) electrons. The van der Waals surface area contributed by atoms with Gasteiger partial charge in [0.05, 0.1) is 5.69 Å². The Morgan fingerprint density at radius 1 is 1.36 bits per heavy atom. The molecule has 2 aromatic rings. The highest BCUT2D eigenvalue weighted by atomic mass is 16.3. The number of phenolic OH excluding ortho intramolecular Hbond substituents is 1. The van der Waals surface area contributed by atoms with Crippen molar-refractivity contribution in [3.05, 3.63) is 53.3 Å². The summed E-state index contributed by atoms with van der Waals surface area (Å²) in [5.41, 5.74) is 5.86. The Hall–Kier alpha value is -3.09. The van der Waals surface area contributed by atoms with Crippen LogP contribution < -0.4 is 11.1 Å². The van der Waals surface area contributed by atoms with Crippen molar-refractivity contribution in [2.45, 2.75) is 32.4 Å². The molecule has 0 fully saturated rings. The maximum Gasteiger partial charge on any atom is 0.264 e. The molecule has 25 heavy (non-hydrogen) atoms. The van der Waals surface area contributed by atoms with Crippen LogP contribution in [0.5, 0.6) is 5.75 Å². The number of benzene rings is 1. The van der Waals surface area contributed by atoms with Gasteiger partial charge >= 0.3 is 0 Å². The third-order valence-electron chi connectivity index (χ3n) is 4.26. The molecule has 7 nitrogen and oxygen atoms in total. The lowest BCUT2D eigenvalue weighted by molar-refractivity contribution is -0.122. The van der Waals surface area contributed by atoms with E-state index in [1.165, 1.54) is 19.1 Å². The molecule has 0 aliphatic carbocycles. The van der Waals surface area contributed by atoms with Crippen molar-refractivity contribution in [1.82, 2.24) is 9.88 Å². The van der Waals surface area contributed by atoms with E-state index in [0.717, 1.165) is 6.42 Å². The summed E-state index contributed by atoms with van der Waals surface area (Å²) in [4.78, 5) is 29.1. The number of phenols is 1. The van der Waals surface area contributed by atoms with Gasteiger partial charge in [0.25, 0.3) is 5.91 Å². The monoisotopic (exact) mass is 340 g/mol. The number of aromatic nitrogens is 1. The first kappa shape index (κ1) is 16.8. The summed E-state index contributed by atoms with van der Waals surface area (Å²) >= 11 is 0. The minimum absolute atomic E-state index is 0.000888. The van der Waals surface area contributed by atoms with E-state index in [1.54, 1.807) is 24.4 Å². The molecule has 1 aromatic carbocycles. The fraction of sp³-hybridized carbons (Fsp3) is 0.278. The lowest BCUT2D eigenvalue weighted by Crippen LogP contribution is -2.39. The van der Waals surface area contributed by atoms with Gasteiger partial charge in [0, 0.05) is 25.2 Å². The summed E-state index contributed by atoms with van der Waals surface area (Å²) in [7, 11) is 0. The number of Topliss-reactive ketones (excluding diaryl/α,β-unsaturated/α-hetero) is 1. The molecule has 1 aliphatic heterocycles. The van der Waals surface area contributed by atoms with E-state index in [4.69, 9.17) is 5.73 Å². The summed E-state index contributed by atoms with van der Waals surface area (Å²) in [5, 5.41) is 12.4. The van der Waals surface area contributed by atoms with Gasteiger partial charge in [-0.2, -0.15) is 0 Å². The van der Waals surface area contributed by atoms with E-state index >= 15 is 0 Å². The van der Waals surface area contributed by atoms with Crippen molar-refractivity contribution in [2.24, 2.45) is 10.7 Å². The van der Waals surface area contributed by atoms with E-state index in [1.807, 2.05) is 11.5 Å². The summed E-state index contributed by atoms with van der Waals surface area (Å²) in [6, 6.07) is 8.00. The fourth-order valence-electron chi connectivity index (χ4n) is 3.19. The average Bonchev–Trinajstić information content (AvgIpc) is 3.09. The second kappa shape index (κ2) is 6.08. The minimum atomic E-state index is -1.42. The van der Waals surface area contributed by atoms with Crippen LogP contribution in [-0.4, -0.2) is 27.3 Å². The number of aryl methyl sites for hydroxylation is 1. The SMILES string of the molecule is CCCn1cc(C2(c3cccc(O)c3)N=C(N)NC2=O)cc1C(C)=O. The topological polar surface area (TPSA) is 110 Å². The minimum Gasteiger partial charge on any atom is -0.508 e. The number of carbonyl (C=O) groups is 2. The molecule has 1 aliphatic rings. The van der Waals surface area contributed by atoms with Crippen LogP contribution in [0.25, 0.3) is 0 Å². The Morgan fingerprint density at radius 2 is 2.12 bits per heavy atom. The third kappa shape index (κ3) is 2.67. The van der Waals surface area contributed by atoms with Crippen LogP contribution in [0.4, 0.5) is 0 Å². The number of nitrogens with one attached hydrogen (secondary N) is 1. The molecule has 2 heterocycles. The van der Waals surface area contributed by atoms with Crippen LogP contribution in [0.15, 0.2) is 41.5 Å². The number of rotatable bonds is 5. The Balaban J connectivity index is 2.26. The number of aromatic hydroxyl groups is 1. The number of amides is 1. The van der Waals surface area contributed by atoms with E-state index < -0.39 is 11.4 Å².